The molecule has 2 N–H and O–H groups in total. The first-order chi connectivity index (χ1) is 12.0. The van der Waals surface area contributed by atoms with Gasteiger partial charge in [-0.2, -0.15) is 0 Å². The summed E-state index contributed by atoms with van der Waals surface area (Å²) in [5.41, 5.74) is 0.871. The lowest BCUT2D eigenvalue weighted by molar-refractivity contribution is -0.00876. The monoisotopic (exact) mass is 349 g/mol. The maximum Gasteiger partial charge on any atom is 0.315 e. The van der Waals surface area contributed by atoms with Crippen molar-refractivity contribution in [1.82, 2.24) is 15.5 Å². The summed E-state index contributed by atoms with van der Waals surface area (Å²) in [7, 11) is 0. The molecule has 0 unspecified atom stereocenters. The highest BCUT2D eigenvalue weighted by Gasteiger charge is 2.28. The molecule has 138 valence electrons. The molecule has 25 heavy (non-hydrogen) atoms. The van der Waals surface area contributed by atoms with Crippen molar-refractivity contribution in [1.29, 1.82) is 0 Å². The summed E-state index contributed by atoms with van der Waals surface area (Å²) in [6, 6.07) is 5.42. The van der Waals surface area contributed by atoms with Crippen molar-refractivity contribution < 1.29 is 19.0 Å². The molecule has 1 fully saturated rings. The van der Waals surface area contributed by atoms with Crippen LogP contribution in [-0.2, 0) is 4.74 Å². The molecule has 0 aromatic heterocycles. The molecule has 7 heteroatoms. The fraction of sp³-hybridized carbons (Fsp3) is 0.611. The molecule has 0 aliphatic carbocycles. The number of nitrogens with zero attached hydrogens (tertiary/aromatic N) is 1. The molecule has 1 saturated heterocycles. The molecule has 2 heterocycles. The Morgan fingerprint density at radius 1 is 1.24 bits per heavy atom. The number of carbonyl (C=O) groups excluding carboxylic acids is 1. The first-order valence-corrected chi connectivity index (χ1v) is 8.72. The number of hydrogen-bond donors (Lipinski definition) is 2. The van der Waals surface area contributed by atoms with Crippen LogP contribution in [0, 0.1) is 0 Å². The topological polar surface area (TPSA) is 72.1 Å². The van der Waals surface area contributed by atoms with Crippen molar-refractivity contribution in [2.24, 2.45) is 0 Å². The van der Waals surface area contributed by atoms with E-state index < -0.39 is 0 Å². The van der Waals surface area contributed by atoms with Gasteiger partial charge in [0.15, 0.2) is 11.5 Å². The lowest BCUT2D eigenvalue weighted by Gasteiger charge is -2.40. The van der Waals surface area contributed by atoms with Crippen LogP contribution in [0.4, 0.5) is 4.79 Å². The summed E-state index contributed by atoms with van der Waals surface area (Å²) < 4.78 is 16.1. The summed E-state index contributed by atoms with van der Waals surface area (Å²) in [5.74, 6) is 1.47. The first-order valence-electron chi connectivity index (χ1n) is 8.72. The Labute approximate surface area is 148 Å². The van der Waals surface area contributed by atoms with Crippen molar-refractivity contribution in [2.45, 2.75) is 32.4 Å². The standard InChI is InChI=1S/C18H27N3O4/c1-13(14-4-5-15-16(10-14)25-12-24-15)20-17(22)19-11-18(2,3)21-6-8-23-9-7-21/h4-5,10,13H,6-9,11-12H2,1-3H3,(H2,19,20,22)/t13-/m0/s1. The van der Waals surface area contributed by atoms with E-state index >= 15 is 0 Å². The minimum atomic E-state index is -0.175. The Hall–Kier alpha value is -1.99. The van der Waals surface area contributed by atoms with E-state index in [9.17, 15) is 4.79 Å². The summed E-state index contributed by atoms with van der Waals surface area (Å²) in [6.07, 6.45) is 0. The summed E-state index contributed by atoms with van der Waals surface area (Å²) >= 11 is 0. The molecule has 3 rings (SSSR count). The molecule has 2 amide bonds. The van der Waals surface area contributed by atoms with Crippen LogP contribution in [0.25, 0.3) is 0 Å². The Kier molecular flexibility index (Phi) is 5.34. The van der Waals surface area contributed by atoms with Crippen LogP contribution in [0.2, 0.25) is 0 Å². The number of morpholine rings is 1. The summed E-state index contributed by atoms with van der Waals surface area (Å²) in [6.45, 7) is 10.3. The first kappa shape index (κ1) is 17.8. The molecule has 0 radical (unpaired) electrons. The Bertz CT molecular complexity index is 614. The van der Waals surface area contributed by atoms with Crippen LogP contribution in [0.3, 0.4) is 0 Å². The van der Waals surface area contributed by atoms with E-state index in [-0.39, 0.29) is 24.4 Å². The fourth-order valence-corrected chi connectivity index (χ4v) is 3.09. The zero-order chi connectivity index (χ0) is 17.9. The van der Waals surface area contributed by atoms with Gasteiger partial charge in [-0.05, 0) is 38.5 Å². The van der Waals surface area contributed by atoms with Gasteiger partial charge in [-0.15, -0.1) is 0 Å². The highest BCUT2D eigenvalue weighted by atomic mass is 16.7. The number of benzene rings is 1. The van der Waals surface area contributed by atoms with Gasteiger partial charge in [0.25, 0.3) is 0 Å². The van der Waals surface area contributed by atoms with Gasteiger partial charge in [0, 0.05) is 25.2 Å². The second-order valence-electron chi connectivity index (χ2n) is 7.07. The molecule has 7 nitrogen and oxygen atoms in total. The van der Waals surface area contributed by atoms with Gasteiger partial charge >= 0.3 is 6.03 Å². The number of hydrogen-bond acceptors (Lipinski definition) is 5. The van der Waals surface area contributed by atoms with E-state index in [2.05, 4.69) is 29.4 Å². The average molecular weight is 349 g/mol. The predicted octanol–water partition coefficient (Wildman–Crippen LogP) is 1.89. The fourth-order valence-electron chi connectivity index (χ4n) is 3.09. The van der Waals surface area contributed by atoms with Crippen LogP contribution in [-0.4, -0.2) is 56.1 Å². The van der Waals surface area contributed by atoms with Gasteiger partial charge in [0.05, 0.1) is 19.3 Å². The Morgan fingerprint density at radius 3 is 2.72 bits per heavy atom. The normalized spacial score (nSPS) is 18.7. The van der Waals surface area contributed by atoms with Crippen LogP contribution < -0.4 is 20.1 Å². The molecule has 0 spiro atoms. The lowest BCUT2D eigenvalue weighted by Crippen LogP contribution is -2.56. The third kappa shape index (κ3) is 4.35. The smallest absolute Gasteiger partial charge is 0.315 e. The van der Waals surface area contributed by atoms with Crippen molar-refractivity contribution >= 4 is 6.03 Å². The van der Waals surface area contributed by atoms with Gasteiger partial charge in [0.2, 0.25) is 6.79 Å². The van der Waals surface area contributed by atoms with E-state index in [1.807, 2.05) is 25.1 Å². The number of ether oxygens (including phenoxy) is 3. The van der Waals surface area contributed by atoms with E-state index in [0.717, 1.165) is 43.4 Å². The molecular formula is C18H27N3O4. The van der Waals surface area contributed by atoms with E-state index in [1.165, 1.54) is 0 Å². The van der Waals surface area contributed by atoms with Crippen molar-refractivity contribution in [2.75, 3.05) is 39.6 Å². The highest BCUT2D eigenvalue weighted by Crippen LogP contribution is 2.34. The SMILES string of the molecule is C[C@H](NC(=O)NCC(C)(C)N1CCOCC1)c1ccc2c(c1)OCO2. The number of amides is 2. The minimum absolute atomic E-state index is 0.108. The second kappa shape index (κ2) is 7.49. The second-order valence-corrected chi connectivity index (χ2v) is 7.07. The van der Waals surface area contributed by atoms with Crippen LogP contribution >= 0.6 is 0 Å². The van der Waals surface area contributed by atoms with E-state index in [0.29, 0.717) is 6.54 Å². The molecule has 2 aliphatic rings. The molecule has 1 atom stereocenters. The maximum atomic E-state index is 12.3. The average Bonchev–Trinajstić information content (AvgIpc) is 3.08. The predicted molar refractivity (Wildman–Crippen MR) is 94.0 cm³/mol. The van der Waals surface area contributed by atoms with Crippen LogP contribution in [0.5, 0.6) is 11.5 Å². The quantitative estimate of drug-likeness (QED) is 0.849. The number of carbonyl (C=O) groups is 1. The van der Waals surface area contributed by atoms with Crippen LogP contribution in [0.15, 0.2) is 18.2 Å². The largest absolute Gasteiger partial charge is 0.454 e. The van der Waals surface area contributed by atoms with Gasteiger partial charge in [0.1, 0.15) is 0 Å². The van der Waals surface area contributed by atoms with E-state index in [1.54, 1.807) is 0 Å². The zero-order valence-corrected chi connectivity index (χ0v) is 15.1. The molecular weight excluding hydrogens is 322 g/mol. The number of nitrogens with one attached hydrogen (secondary N) is 2. The van der Waals surface area contributed by atoms with Crippen molar-refractivity contribution in [3.05, 3.63) is 23.8 Å². The maximum absolute atomic E-state index is 12.3. The van der Waals surface area contributed by atoms with Crippen molar-refractivity contribution in [3.63, 3.8) is 0 Å². The van der Waals surface area contributed by atoms with Gasteiger partial charge in [-0.25, -0.2) is 4.79 Å². The van der Waals surface area contributed by atoms with Gasteiger partial charge < -0.3 is 24.8 Å². The number of fused-ring (bicyclic) bond motifs is 1. The Morgan fingerprint density at radius 2 is 1.96 bits per heavy atom. The minimum Gasteiger partial charge on any atom is -0.454 e. The molecule has 0 saturated carbocycles. The number of urea groups is 1. The number of rotatable bonds is 5. The van der Waals surface area contributed by atoms with E-state index in [4.69, 9.17) is 14.2 Å². The highest BCUT2D eigenvalue weighted by molar-refractivity contribution is 5.74. The third-order valence-electron chi connectivity index (χ3n) is 4.79. The molecule has 1 aromatic rings. The lowest BCUT2D eigenvalue weighted by atomic mass is 10.0. The molecule has 0 bridgehead atoms. The zero-order valence-electron chi connectivity index (χ0n) is 15.1. The summed E-state index contributed by atoms with van der Waals surface area (Å²) in [4.78, 5) is 14.6. The van der Waals surface area contributed by atoms with Crippen LogP contribution in [0.1, 0.15) is 32.4 Å². The van der Waals surface area contributed by atoms with Gasteiger partial charge in [-0.1, -0.05) is 6.07 Å². The Balaban J connectivity index is 1.50. The third-order valence-corrected chi connectivity index (χ3v) is 4.79. The summed E-state index contributed by atoms with van der Waals surface area (Å²) in [5, 5.41) is 5.96. The molecule has 2 aliphatic heterocycles. The molecule has 1 aromatic carbocycles. The van der Waals surface area contributed by atoms with Gasteiger partial charge in [-0.3, -0.25) is 4.90 Å². The van der Waals surface area contributed by atoms with Crippen molar-refractivity contribution in [3.8, 4) is 11.5 Å².